The molecule has 1 saturated heterocycles. The summed E-state index contributed by atoms with van der Waals surface area (Å²) in [4.78, 5) is 24.7. The Hall–Kier alpha value is -3.04. The molecule has 1 aromatic carbocycles. The maximum atomic E-state index is 13.6. The molecule has 0 spiro atoms. The molecule has 1 aliphatic rings. The summed E-state index contributed by atoms with van der Waals surface area (Å²) in [6.45, 7) is 0.235. The van der Waals surface area contributed by atoms with Crippen LogP contribution in [0.2, 0.25) is 0 Å². The van der Waals surface area contributed by atoms with Crippen LogP contribution in [0.1, 0.15) is 18.5 Å². The minimum Gasteiger partial charge on any atom is -0.481 e. The van der Waals surface area contributed by atoms with Gasteiger partial charge in [0.25, 0.3) is 0 Å². The number of nitrogens with one attached hydrogen (secondary N) is 1. The molecule has 27 heavy (non-hydrogen) atoms. The highest BCUT2D eigenvalue weighted by molar-refractivity contribution is 5.90. The van der Waals surface area contributed by atoms with Crippen molar-refractivity contribution in [3.8, 4) is 5.69 Å². The lowest BCUT2D eigenvalue weighted by molar-refractivity contribution is -0.143. The third kappa shape index (κ3) is 4.04. The number of halogens is 3. The zero-order valence-electron chi connectivity index (χ0n) is 14.1. The molecule has 0 saturated carbocycles. The number of carbonyl (C=O) groups is 2. The van der Waals surface area contributed by atoms with E-state index in [2.05, 4.69) is 10.4 Å². The lowest BCUT2D eigenvalue weighted by Crippen LogP contribution is -2.44. The molecule has 0 bridgehead atoms. The Labute approximate surface area is 152 Å². The molecular formula is C17H17F3N4O3. The van der Waals surface area contributed by atoms with E-state index in [0.717, 1.165) is 6.20 Å². The standard InChI is InChI=1S/C17H17F3N4O3/c18-17(19,20)14-13(9-21-24(14)12-6-2-1-3-7-12)22-16(27)23-8-4-5-11(10-23)15(25)26/h1-3,6-7,9,11H,4-5,8,10H2,(H,22,27)(H,25,26). The van der Waals surface area contributed by atoms with E-state index >= 15 is 0 Å². The van der Waals surface area contributed by atoms with Gasteiger partial charge in [-0.05, 0) is 25.0 Å². The highest BCUT2D eigenvalue weighted by atomic mass is 19.4. The van der Waals surface area contributed by atoms with Crippen LogP contribution in [-0.4, -0.2) is 44.9 Å². The molecule has 144 valence electrons. The van der Waals surface area contributed by atoms with Gasteiger partial charge >= 0.3 is 18.2 Å². The maximum Gasteiger partial charge on any atom is 0.435 e. The average Bonchev–Trinajstić information content (AvgIpc) is 3.06. The highest BCUT2D eigenvalue weighted by Gasteiger charge is 2.40. The fourth-order valence-corrected chi connectivity index (χ4v) is 3.04. The summed E-state index contributed by atoms with van der Waals surface area (Å²) in [6, 6.07) is 6.98. The first-order valence-electron chi connectivity index (χ1n) is 8.26. The van der Waals surface area contributed by atoms with Crippen molar-refractivity contribution in [1.29, 1.82) is 0 Å². The molecule has 10 heteroatoms. The number of urea groups is 1. The number of benzene rings is 1. The number of piperidine rings is 1. The molecular weight excluding hydrogens is 365 g/mol. The molecule has 2 heterocycles. The van der Waals surface area contributed by atoms with Crippen molar-refractivity contribution in [1.82, 2.24) is 14.7 Å². The van der Waals surface area contributed by atoms with E-state index in [0.29, 0.717) is 17.5 Å². The number of likely N-dealkylation sites (tertiary alicyclic amines) is 1. The van der Waals surface area contributed by atoms with Gasteiger partial charge in [-0.25, -0.2) is 9.48 Å². The molecule has 2 aromatic rings. The van der Waals surface area contributed by atoms with Crippen molar-refractivity contribution in [2.75, 3.05) is 18.4 Å². The van der Waals surface area contributed by atoms with Crippen LogP contribution in [0.4, 0.5) is 23.7 Å². The number of anilines is 1. The number of hydrogen-bond donors (Lipinski definition) is 2. The van der Waals surface area contributed by atoms with Crippen LogP contribution in [0.3, 0.4) is 0 Å². The zero-order valence-corrected chi connectivity index (χ0v) is 14.1. The van der Waals surface area contributed by atoms with E-state index in [1.165, 1.54) is 17.0 Å². The molecule has 1 atom stereocenters. The molecule has 1 unspecified atom stereocenters. The Morgan fingerprint density at radius 2 is 1.93 bits per heavy atom. The van der Waals surface area contributed by atoms with Crippen LogP contribution in [-0.2, 0) is 11.0 Å². The van der Waals surface area contributed by atoms with E-state index in [4.69, 9.17) is 5.11 Å². The van der Waals surface area contributed by atoms with E-state index in [1.807, 2.05) is 0 Å². The fraction of sp³-hybridized carbons (Fsp3) is 0.353. The monoisotopic (exact) mass is 382 g/mol. The van der Waals surface area contributed by atoms with Crippen molar-refractivity contribution in [2.24, 2.45) is 5.92 Å². The second-order valence-electron chi connectivity index (χ2n) is 6.21. The number of para-hydroxylation sites is 1. The first kappa shape index (κ1) is 18.7. The first-order valence-corrected chi connectivity index (χ1v) is 8.26. The van der Waals surface area contributed by atoms with Gasteiger partial charge in [0.05, 0.1) is 23.5 Å². The second kappa shape index (κ2) is 7.29. The average molecular weight is 382 g/mol. The number of aliphatic carboxylic acids is 1. The Morgan fingerprint density at radius 3 is 2.56 bits per heavy atom. The van der Waals surface area contributed by atoms with Gasteiger partial charge in [-0.2, -0.15) is 18.3 Å². The minimum atomic E-state index is -4.75. The van der Waals surface area contributed by atoms with Gasteiger partial charge in [0.2, 0.25) is 0 Å². The Kier molecular flexibility index (Phi) is 5.06. The summed E-state index contributed by atoms with van der Waals surface area (Å²) in [5.74, 6) is -1.75. The Bertz CT molecular complexity index is 836. The number of amides is 2. The van der Waals surface area contributed by atoms with Gasteiger partial charge < -0.3 is 15.3 Å². The van der Waals surface area contributed by atoms with Gasteiger partial charge in [0.1, 0.15) is 0 Å². The van der Waals surface area contributed by atoms with Gasteiger partial charge in [-0.15, -0.1) is 0 Å². The fourth-order valence-electron chi connectivity index (χ4n) is 3.04. The Morgan fingerprint density at radius 1 is 1.22 bits per heavy atom. The largest absolute Gasteiger partial charge is 0.481 e. The lowest BCUT2D eigenvalue weighted by atomic mass is 9.99. The van der Waals surface area contributed by atoms with Crippen LogP contribution < -0.4 is 5.32 Å². The van der Waals surface area contributed by atoms with Gasteiger partial charge in [-0.1, -0.05) is 18.2 Å². The summed E-state index contributed by atoms with van der Waals surface area (Å²) in [7, 11) is 0. The number of rotatable bonds is 3. The molecule has 2 amide bonds. The molecule has 0 radical (unpaired) electrons. The summed E-state index contributed by atoms with van der Waals surface area (Å²) in [5.41, 5.74) is -1.38. The number of hydrogen-bond acceptors (Lipinski definition) is 3. The summed E-state index contributed by atoms with van der Waals surface area (Å²) in [5, 5.41) is 15.1. The van der Waals surface area contributed by atoms with E-state index < -0.39 is 35.5 Å². The number of carbonyl (C=O) groups excluding carboxylic acids is 1. The van der Waals surface area contributed by atoms with Crippen molar-refractivity contribution in [3.05, 3.63) is 42.2 Å². The van der Waals surface area contributed by atoms with Crippen molar-refractivity contribution in [2.45, 2.75) is 19.0 Å². The third-order valence-corrected chi connectivity index (χ3v) is 4.34. The van der Waals surface area contributed by atoms with E-state index in [9.17, 15) is 22.8 Å². The topological polar surface area (TPSA) is 87.5 Å². The lowest BCUT2D eigenvalue weighted by Gasteiger charge is -2.30. The molecule has 2 N–H and O–H groups in total. The maximum absolute atomic E-state index is 13.6. The van der Waals surface area contributed by atoms with Gasteiger partial charge in [0, 0.05) is 13.1 Å². The number of carboxylic acids is 1. The first-order chi connectivity index (χ1) is 12.8. The molecule has 7 nitrogen and oxygen atoms in total. The number of carboxylic acid groups (broad SMARTS) is 1. The predicted octanol–water partition coefficient (Wildman–Crippen LogP) is 3.22. The summed E-state index contributed by atoms with van der Waals surface area (Å²) < 4.78 is 41.5. The molecule has 3 rings (SSSR count). The van der Waals surface area contributed by atoms with Crippen LogP contribution in [0, 0.1) is 5.92 Å². The zero-order chi connectivity index (χ0) is 19.6. The molecule has 1 fully saturated rings. The van der Waals surface area contributed by atoms with Crippen LogP contribution in [0.15, 0.2) is 36.5 Å². The Balaban J connectivity index is 1.86. The quantitative estimate of drug-likeness (QED) is 0.853. The van der Waals surface area contributed by atoms with Crippen LogP contribution >= 0.6 is 0 Å². The predicted molar refractivity (Wildman–Crippen MR) is 89.5 cm³/mol. The molecule has 1 aromatic heterocycles. The SMILES string of the molecule is O=C(O)C1CCCN(C(=O)Nc2cnn(-c3ccccc3)c2C(F)(F)F)C1. The minimum absolute atomic E-state index is 0.0463. The van der Waals surface area contributed by atoms with Gasteiger partial charge in [-0.3, -0.25) is 4.79 Å². The van der Waals surface area contributed by atoms with E-state index in [-0.39, 0.29) is 18.8 Å². The smallest absolute Gasteiger partial charge is 0.435 e. The van der Waals surface area contributed by atoms with Crippen molar-refractivity contribution < 1.29 is 27.9 Å². The summed E-state index contributed by atoms with van der Waals surface area (Å²) in [6.07, 6.45) is -2.91. The second-order valence-corrected chi connectivity index (χ2v) is 6.21. The third-order valence-electron chi connectivity index (χ3n) is 4.34. The number of nitrogens with zero attached hydrogens (tertiary/aromatic N) is 3. The highest BCUT2D eigenvalue weighted by Crippen LogP contribution is 2.36. The number of alkyl halides is 3. The van der Waals surface area contributed by atoms with E-state index in [1.54, 1.807) is 18.2 Å². The van der Waals surface area contributed by atoms with Crippen LogP contribution in [0.25, 0.3) is 5.69 Å². The molecule has 1 aliphatic heterocycles. The van der Waals surface area contributed by atoms with Crippen LogP contribution in [0.5, 0.6) is 0 Å². The van der Waals surface area contributed by atoms with Crippen molar-refractivity contribution in [3.63, 3.8) is 0 Å². The van der Waals surface area contributed by atoms with Crippen molar-refractivity contribution >= 4 is 17.7 Å². The normalized spacial score (nSPS) is 17.6. The summed E-state index contributed by atoms with van der Waals surface area (Å²) >= 11 is 0. The number of aromatic nitrogens is 2. The molecule has 0 aliphatic carbocycles. The van der Waals surface area contributed by atoms with Gasteiger partial charge in [0.15, 0.2) is 5.69 Å².